The number of benzene rings is 1. The van der Waals surface area contributed by atoms with Crippen LogP contribution < -0.4 is 0 Å². The van der Waals surface area contributed by atoms with Gasteiger partial charge in [0.25, 0.3) is 0 Å². The van der Waals surface area contributed by atoms with Crippen molar-refractivity contribution >= 4 is 17.1 Å². The minimum Gasteiger partial charge on any atom is -0.465 e. The molecule has 0 saturated heterocycles. The predicted molar refractivity (Wildman–Crippen MR) is 84.8 cm³/mol. The third-order valence-corrected chi connectivity index (χ3v) is 3.69. The summed E-state index contributed by atoms with van der Waals surface area (Å²) in [7, 11) is 0. The predicted octanol–water partition coefficient (Wildman–Crippen LogP) is 3.21. The molecule has 0 bridgehead atoms. The quantitative estimate of drug-likeness (QED) is 0.732. The lowest BCUT2D eigenvalue weighted by Crippen LogP contribution is -2.22. The lowest BCUT2D eigenvalue weighted by Gasteiger charge is -2.20. The Morgan fingerprint density at radius 1 is 1.26 bits per heavy atom. The number of pyridine rings is 1. The minimum absolute atomic E-state index is 0.236. The van der Waals surface area contributed by atoms with Crippen LogP contribution in [0.25, 0.3) is 11.1 Å². The number of carbonyl (C=O) groups excluding carboxylic acids is 1. The van der Waals surface area contributed by atoms with E-state index in [1.54, 1.807) is 37.4 Å². The fourth-order valence-electron chi connectivity index (χ4n) is 2.61. The first-order chi connectivity index (χ1) is 11.2. The van der Waals surface area contributed by atoms with E-state index >= 15 is 0 Å². The molecule has 2 heterocycles. The number of esters is 1. The summed E-state index contributed by atoms with van der Waals surface area (Å²) in [6, 6.07) is 12.5. The topological polar surface area (TPSA) is 72.6 Å². The number of nitrogens with zero attached hydrogens (tertiary/aromatic N) is 1. The zero-order chi connectivity index (χ0) is 16.2. The second-order valence-electron chi connectivity index (χ2n) is 5.13. The van der Waals surface area contributed by atoms with Crippen LogP contribution in [0.3, 0.4) is 0 Å². The van der Waals surface area contributed by atoms with Gasteiger partial charge in [0.1, 0.15) is 11.4 Å². The molecular formula is C18H17NO4. The van der Waals surface area contributed by atoms with E-state index in [9.17, 15) is 9.90 Å². The molecule has 0 aliphatic rings. The molecule has 0 aliphatic carbocycles. The molecule has 1 N–H and O–H groups in total. The average molecular weight is 311 g/mol. The molecule has 0 amide bonds. The summed E-state index contributed by atoms with van der Waals surface area (Å²) < 4.78 is 10.6. The van der Waals surface area contributed by atoms with Gasteiger partial charge in [0, 0.05) is 11.8 Å². The third kappa shape index (κ3) is 2.96. The Morgan fingerprint density at radius 3 is 2.78 bits per heavy atom. The fraction of sp³-hybridized carbons (Fsp3) is 0.222. The number of aromatic nitrogens is 1. The van der Waals surface area contributed by atoms with E-state index in [1.807, 2.05) is 18.2 Å². The van der Waals surface area contributed by atoms with Crippen molar-refractivity contribution in [3.05, 3.63) is 66.1 Å². The molecule has 2 aromatic heterocycles. The summed E-state index contributed by atoms with van der Waals surface area (Å²) >= 11 is 0. The normalized spacial score (nSPS) is 13.7. The lowest BCUT2D eigenvalue weighted by molar-refractivity contribution is -0.148. The fourth-order valence-corrected chi connectivity index (χ4v) is 2.61. The maximum atomic E-state index is 12.4. The highest BCUT2D eigenvalue weighted by atomic mass is 16.5. The molecule has 0 spiro atoms. The molecule has 0 fully saturated rings. The first kappa shape index (κ1) is 15.2. The highest BCUT2D eigenvalue weighted by Crippen LogP contribution is 2.36. The summed E-state index contributed by atoms with van der Waals surface area (Å²) in [5, 5.41) is 10.7. The van der Waals surface area contributed by atoms with Crippen molar-refractivity contribution in [2.45, 2.75) is 18.9 Å². The van der Waals surface area contributed by atoms with Gasteiger partial charge in [-0.3, -0.25) is 9.78 Å². The van der Waals surface area contributed by atoms with Gasteiger partial charge in [0.2, 0.25) is 0 Å². The zero-order valence-electron chi connectivity index (χ0n) is 12.7. The number of fused-ring (bicyclic) bond motifs is 1. The Morgan fingerprint density at radius 2 is 2.04 bits per heavy atom. The number of carbonyl (C=O) groups is 1. The monoisotopic (exact) mass is 311 g/mol. The summed E-state index contributed by atoms with van der Waals surface area (Å²) in [6.07, 6.45) is 2.04. The molecule has 3 aromatic rings. The highest BCUT2D eigenvalue weighted by molar-refractivity contribution is 5.87. The van der Waals surface area contributed by atoms with Crippen LogP contribution in [0.2, 0.25) is 0 Å². The van der Waals surface area contributed by atoms with Crippen LogP contribution in [0.4, 0.5) is 0 Å². The number of hydrogen-bond acceptors (Lipinski definition) is 5. The van der Waals surface area contributed by atoms with Crippen molar-refractivity contribution in [1.82, 2.24) is 4.98 Å². The van der Waals surface area contributed by atoms with E-state index in [1.165, 1.54) is 6.26 Å². The van der Waals surface area contributed by atoms with Crippen molar-refractivity contribution in [2.24, 2.45) is 0 Å². The van der Waals surface area contributed by atoms with Gasteiger partial charge in [-0.15, -0.1) is 0 Å². The second-order valence-corrected chi connectivity index (χ2v) is 5.13. The van der Waals surface area contributed by atoms with E-state index in [-0.39, 0.29) is 6.61 Å². The van der Waals surface area contributed by atoms with E-state index < -0.39 is 18.0 Å². The Hall–Kier alpha value is -2.66. The smallest absolute Gasteiger partial charge is 0.316 e. The van der Waals surface area contributed by atoms with Crippen LogP contribution in [0.1, 0.15) is 30.1 Å². The molecule has 0 unspecified atom stereocenters. The van der Waals surface area contributed by atoms with Crippen molar-refractivity contribution in [2.75, 3.05) is 6.61 Å². The summed E-state index contributed by atoms with van der Waals surface area (Å²) in [5.74, 6) is -1.40. The lowest BCUT2D eigenvalue weighted by atomic mass is 9.90. The Balaban J connectivity index is 2.07. The van der Waals surface area contributed by atoms with Gasteiger partial charge >= 0.3 is 5.97 Å². The van der Waals surface area contributed by atoms with Crippen LogP contribution in [-0.4, -0.2) is 22.7 Å². The van der Waals surface area contributed by atoms with Crippen LogP contribution in [0.15, 0.2) is 59.3 Å². The van der Waals surface area contributed by atoms with E-state index in [0.29, 0.717) is 22.2 Å². The molecule has 3 rings (SSSR count). The van der Waals surface area contributed by atoms with Crippen LogP contribution in [0, 0.1) is 0 Å². The van der Waals surface area contributed by atoms with Crippen molar-refractivity contribution < 1.29 is 19.1 Å². The largest absolute Gasteiger partial charge is 0.465 e. The van der Waals surface area contributed by atoms with Crippen LogP contribution in [0.5, 0.6) is 0 Å². The summed E-state index contributed by atoms with van der Waals surface area (Å²) in [6.45, 7) is 1.97. The standard InChI is InChI=1S/C18H17NO4/c1-2-22-18(21)15(17(20)12-7-4-3-5-8-12)13-11-23-14-9-6-10-19-16(13)14/h3-11,15,17,20H,2H2,1H3/t15-,17-/m0/s1. The van der Waals surface area contributed by atoms with Gasteiger partial charge in [0.05, 0.1) is 19.0 Å². The molecule has 0 aliphatic heterocycles. The molecule has 5 heteroatoms. The SMILES string of the molecule is CCOC(=O)[C@@H](c1coc2cccnc12)[C@@H](O)c1ccccc1. The summed E-state index contributed by atoms with van der Waals surface area (Å²) in [5.41, 5.74) is 2.28. The maximum absolute atomic E-state index is 12.4. The molecule has 2 atom stereocenters. The van der Waals surface area contributed by atoms with E-state index in [4.69, 9.17) is 9.15 Å². The molecule has 118 valence electrons. The number of hydrogen-bond donors (Lipinski definition) is 1. The van der Waals surface area contributed by atoms with Gasteiger partial charge in [-0.25, -0.2) is 0 Å². The molecule has 0 radical (unpaired) electrons. The molecule has 5 nitrogen and oxygen atoms in total. The second kappa shape index (κ2) is 6.62. The van der Waals surface area contributed by atoms with Gasteiger partial charge < -0.3 is 14.3 Å². The number of furan rings is 1. The first-order valence-corrected chi connectivity index (χ1v) is 7.44. The number of ether oxygens (including phenoxy) is 1. The zero-order valence-corrected chi connectivity index (χ0v) is 12.7. The molecule has 23 heavy (non-hydrogen) atoms. The first-order valence-electron chi connectivity index (χ1n) is 7.44. The van der Waals surface area contributed by atoms with Crippen molar-refractivity contribution in [1.29, 1.82) is 0 Å². The Bertz CT molecular complexity index is 797. The van der Waals surface area contributed by atoms with Gasteiger partial charge in [0.15, 0.2) is 5.58 Å². The number of aliphatic hydroxyl groups is 1. The maximum Gasteiger partial charge on any atom is 0.316 e. The van der Waals surface area contributed by atoms with Crippen LogP contribution >= 0.6 is 0 Å². The van der Waals surface area contributed by atoms with Crippen molar-refractivity contribution in [3.63, 3.8) is 0 Å². The Labute approximate surface area is 133 Å². The summed E-state index contributed by atoms with van der Waals surface area (Å²) in [4.78, 5) is 16.7. The van der Waals surface area contributed by atoms with Crippen LogP contribution in [-0.2, 0) is 9.53 Å². The minimum atomic E-state index is -1.04. The van der Waals surface area contributed by atoms with E-state index in [0.717, 1.165) is 0 Å². The Kier molecular flexibility index (Phi) is 4.39. The van der Waals surface area contributed by atoms with Gasteiger partial charge in [-0.05, 0) is 24.6 Å². The van der Waals surface area contributed by atoms with Gasteiger partial charge in [-0.1, -0.05) is 30.3 Å². The van der Waals surface area contributed by atoms with E-state index in [2.05, 4.69) is 4.98 Å². The molecular weight excluding hydrogens is 294 g/mol. The number of aliphatic hydroxyl groups excluding tert-OH is 1. The molecule has 0 saturated carbocycles. The van der Waals surface area contributed by atoms with Crippen molar-refractivity contribution in [3.8, 4) is 0 Å². The molecule has 1 aromatic carbocycles. The van der Waals surface area contributed by atoms with Gasteiger partial charge in [-0.2, -0.15) is 0 Å². The number of rotatable bonds is 5. The highest BCUT2D eigenvalue weighted by Gasteiger charge is 2.34. The third-order valence-electron chi connectivity index (χ3n) is 3.69. The average Bonchev–Trinajstić information content (AvgIpc) is 3.00.